The summed E-state index contributed by atoms with van der Waals surface area (Å²) in [6.07, 6.45) is 0. The highest BCUT2D eigenvalue weighted by Gasteiger charge is 2.53. The van der Waals surface area contributed by atoms with E-state index in [9.17, 15) is 10.2 Å². The van der Waals surface area contributed by atoms with E-state index in [-0.39, 0.29) is 10.0 Å². The first-order valence-electron chi connectivity index (χ1n) is 27.7. The van der Waals surface area contributed by atoms with Crippen LogP contribution in [0.15, 0.2) is 291 Å². The van der Waals surface area contributed by atoms with Gasteiger partial charge in [-0.2, -0.15) is 0 Å². The van der Waals surface area contributed by atoms with Crippen LogP contribution in [0.1, 0.15) is 33.4 Å². The lowest BCUT2D eigenvalue weighted by molar-refractivity contribution is 0.0749. The van der Waals surface area contributed by atoms with Crippen molar-refractivity contribution < 1.29 is 29.2 Å². The summed E-state index contributed by atoms with van der Waals surface area (Å²) in [5.74, 6) is 5.73. The molecular formula is C76H50Cl4O6. The van der Waals surface area contributed by atoms with Crippen molar-refractivity contribution in [3.05, 3.63) is 345 Å². The Labute approximate surface area is 517 Å². The van der Waals surface area contributed by atoms with E-state index >= 15 is 0 Å². The summed E-state index contributed by atoms with van der Waals surface area (Å²) in [6.45, 7) is 0. The summed E-state index contributed by atoms with van der Waals surface area (Å²) in [6, 6.07) is 91.8. The van der Waals surface area contributed by atoms with Gasteiger partial charge in [-0.3, -0.25) is 0 Å². The largest absolute Gasteiger partial charge is 0.457 e. The molecule has 13 aromatic carbocycles. The predicted octanol–water partition coefficient (Wildman–Crippen LogP) is 21.7. The summed E-state index contributed by atoms with van der Waals surface area (Å²) >= 11 is 27.8. The van der Waals surface area contributed by atoms with Gasteiger partial charge in [-0.15, -0.1) is 0 Å². The second-order valence-electron chi connectivity index (χ2n) is 20.6. The quantitative estimate of drug-likeness (QED) is 0.119. The van der Waals surface area contributed by atoms with Gasteiger partial charge in [0, 0.05) is 42.0 Å². The van der Waals surface area contributed by atoms with Crippen molar-refractivity contribution in [2.24, 2.45) is 0 Å². The first-order valence-corrected chi connectivity index (χ1v) is 29.3. The van der Waals surface area contributed by atoms with Crippen molar-refractivity contribution in [2.75, 3.05) is 0 Å². The Bertz CT molecular complexity index is 4260. The Hall–Kier alpha value is -9.34. The zero-order valence-corrected chi connectivity index (χ0v) is 48.8. The number of aliphatic hydroxyl groups is 2. The summed E-state index contributed by atoms with van der Waals surface area (Å²) in [5, 5.41) is 31.4. The molecule has 418 valence electrons. The minimum Gasteiger partial charge on any atom is -0.457 e. The maximum Gasteiger partial charge on any atom is 0.142 e. The third kappa shape index (κ3) is 10.7. The van der Waals surface area contributed by atoms with E-state index in [1.165, 1.54) is 0 Å². The van der Waals surface area contributed by atoms with Crippen LogP contribution < -0.4 is 18.9 Å². The molecule has 14 rings (SSSR count). The van der Waals surface area contributed by atoms with Gasteiger partial charge >= 0.3 is 0 Å². The highest BCUT2D eigenvalue weighted by Crippen LogP contribution is 2.57. The minimum atomic E-state index is -1.73. The van der Waals surface area contributed by atoms with E-state index in [0.717, 1.165) is 66.8 Å². The number of benzene rings is 13. The fourth-order valence-electron chi connectivity index (χ4n) is 11.5. The van der Waals surface area contributed by atoms with Gasteiger partial charge in [0.2, 0.25) is 0 Å². The average molecular weight is 1200 g/mol. The van der Waals surface area contributed by atoms with E-state index in [4.69, 9.17) is 65.4 Å². The van der Waals surface area contributed by atoms with Crippen molar-refractivity contribution in [3.63, 3.8) is 0 Å². The van der Waals surface area contributed by atoms with Crippen molar-refractivity contribution in [1.29, 1.82) is 0 Å². The fraction of sp³-hybridized carbons (Fsp3) is 0.0263. The van der Waals surface area contributed by atoms with E-state index in [2.05, 4.69) is 48.5 Å². The molecule has 1 aliphatic rings. The lowest BCUT2D eigenvalue weighted by Crippen LogP contribution is -2.44. The SMILES string of the molecule is Clc1ccc(Cl)c2c(-c3ccc(Oc4ccccc4)cc3)c3ccccc3c(-c3ccc(Oc4ccccc4)cc3)c12.OC1(c2ccc(Oc3ccccc3)cc2)c2ccccc2C(O)(c2ccc(Oc3ccccc3)cc2)c2c(Cl)ccc(Cl)c21. The molecular weight excluding hydrogens is 1150 g/mol. The third-order valence-corrected chi connectivity index (χ3v) is 16.6. The smallest absolute Gasteiger partial charge is 0.142 e. The molecule has 0 saturated heterocycles. The van der Waals surface area contributed by atoms with Crippen LogP contribution in [0.4, 0.5) is 0 Å². The van der Waals surface area contributed by atoms with E-state index in [0.29, 0.717) is 66.4 Å². The summed E-state index contributed by atoms with van der Waals surface area (Å²) in [7, 11) is 0. The van der Waals surface area contributed by atoms with Crippen LogP contribution in [0, 0.1) is 0 Å². The van der Waals surface area contributed by atoms with Crippen LogP contribution >= 0.6 is 46.4 Å². The molecule has 0 bridgehead atoms. The topological polar surface area (TPSA) is 77.4 Å². The van der Waals surface area contributed by atoms with Crippen molar-refractivity contribution in [1.82, 2.24) is 0 Å². The number of para-hydroxylation sites is 4. The van der Waals surface area contributed by atoms with Gasteiger partial charge < -0.3 is 29.2 Å². The van der Waals surface area contributed by atoms with E-state index in [1.807, 2.05) is 182 Å². The molecule has 0 spiro atoms. The second-order valence-corrected chi connectivity index (χ2v) is 22.2. The molecule has 0 fully saturated rings. The van der Waals surface area contributed by atoms with Crippen LogP contribution in [0.2, 0.25) is 20.1 Å². The molecule has 2 unspecified atom stereocenters. The first kappa shape index (κ1) is 55.8. The zero-order chi connectivity index (χ0) is 58.8. The molecule has 0 aliphatic heterocycles. The van der Waals surface area contributed by atoms with Crippen LogP contribution in [-0.4, -0.2) is 10.2 Å². The molecule has 2 N–H and O–H groups in total. The molecule has 0 heterocycles. The molecule has 10 heteroatoms. The molecule has 86 heavy (non-hydrogen) atoms. The average Bonchev–Trinajstić information content (AvgIpc) is 0.756. The second kappa shape index (κ2) is 24.0. The molecule has 13 aromatic rings. The summed E-state index contributed by atoms with van der Waals surface area (Å²) in [5.41, 5.74) is 3.35. The maximum atomic E-state index is 12.8. The molecule has 0 amide bonds. The number of fused-ring (bicyclic) bond motifs is 4. The molecule has 6 nitrogen and oxygen atoms in total. The van der Waals surface area contributed by atoms with Gasteiger partial charge in [-0.1, -0.05) is 216 Å². The highest BCUT2D eigenvalue weighted by molar-refractivity contribution is 6.44. The van der Waals surface area contributed by atoms with Gasteiger partial charge in [0.05, 0.1) is 0 Å². The third-order valence-electron chi connectivity index (χ3n) is 15.3. The molecule has 1 aliphatic carbocycles. The van der Waals surface area contributed by atoms with Gasteiger partial charge in [0.25, 0.3) is 0 Å². The predicted molar refractivity (Wildman–Crippen MR) is 348 cm³/mol. The molecule has 0 aromatic heterocycles. The van der Waals surface area contributed by atoms with Crippen LogP contribution in [0.25, 0.3) is 43.8 Å². The van der Waals surface area contributed by atoms with Crippen molar-refractivity contribution in [3.8, 4) is 68.2 Å². The van der Waals surface area contributed by atoms with Gasteiger partial charge in [0.15, 0.2) is 0 Å². The Morgan fingerprint density at radius 2 is 0.488 bits per heavy atom. The Morgan fingerprint density at radius 3 is 0.791 bits per heavy atom. The fourth-order valence-corrected chi connectivity index (χ4v) is 12.6. The van der Waals surface area contributed by atoms with E-state index in [1.54, 1.807) is 60.7 Å². The maximum absolute atomic E-state index is 12.8. The molecule has 0 saturated carbocycles. The summed E-state index contributed by atoms with van der Waals surface area (Å²) < 4.78 is 24.1. The lowest BCUT2D eigenvalue weighted by atomic mass is 9.63. The molecule has 2 atom stereocenters. The monoisotopic (exact) mass is 1200 g/mol. The first-order chi connectivity index (χ1) is 42.0. The normalized spacial score (nSPS) is 15.0. The van der Waals surface area contributed by atoms with Crippen molar-refractivity contribution >= 4 is 67.9 Å². The standard InChI is InChI=1S/C38H26Cl2O4.C38H24Cl2O2/c39-33-23-24-34(40)36-35(33)37(41,25-15-19-29(20-16-25)43-27-9-3-1-4-10-27)31-13-7-8-14-32(31)38(36,42)26-17-21-30(22-18-26)44-28-11-5-2-6-12-28;39-33-23-24-34(40)38-36(26-17-21-30(22-18-26)42-28-11-5-2-6-12-28)32-14-8-7-13-31(32)35(37(33)38)25-15-19-29(20-16-25)41-27-9-3-1-4-10-27/h1-24,41-42H;1-24H. The van der Waals surface area contributed by atoms with Crippen molar-refractivity contribution in [2.45, 2.75) is 11.2 Å². The Kier molecular flexibility index (Phi) is 15.6. The number of hydrogen-bond acceptors (Lipinski definition) is 6. The molecule has 0 radical (unpaired) electrons. The lowest BCUT2D eigenvalue weighted by Gasteiger charge is -2.46. The Balaban J connectivity index is 0.000000160. The van der Waals surface area contributed by atoms with Gasteiger partial charge in [-0.05, 0) is 177 Å². The highest BCUT2D eigenvalue weighted by atomic mass is 35.5. The summed E-state index contributed by atoms with van der Waals surface area (Å²) in [4.78, 5) is 0. The number of halogens is 4. The zero-order valence-electron chi connectivity index (χ0n) is 45.8. The van der Waals surface area contributed by atoms with Gasteiger partial charge in [-0.25, -0.2) is 0 Å². The minimum absolute atomic E-state index is 0.272. The van der Waals surface area contributed by atoms with Crippen LogP contribution in [-0.2, 0) is 11.2 Å². The van der Waals surface area contributed by atoms with Gasteiger partial charge in [0.1, 0.15) is 57.2 Å². The number of rotatable bonds is 12. The van der Waals surface area contributed by atoms with Crippen LogP contribution in [0.5, 0.6) is 46.0 Å². The van der Waals surface area contributed by atoms with E-state index < -0.39 is 11.2 Å². The number of ether oxygens (including phenoxy) is 4. The van der Waals surface area contributed by atoms with Crippen LogP contribution in [0.3, 0.4) is 0 Å². The Morgan fingerprint density at radius 1 is 0.244 bits per heavy atom. The number of hydrogen-bond donors (Lipinski definition) is 2.